The number of fused-ring (bicyclic) bond motifs is 1. The number of imidazole rings is 1. The van der Waals surface area contributed by atoms with Crippen molar-refractivity contribution < 1.29 is 9.18 Å². The summed E-state index contributed by atoms with van der Waals surface area (Å²) in [6.45, 7) is 2.05. The van der Waals surface area contributed by atoms with Crippen molar-refractivity contribution in [3.63, 3.8) is 0 Å². The van der Waals surface area contributed by atoms with E-state index in [2.05, 4.69) is 16.7 Å². The molecule has 3 aromatic rings. The topological polar surface area (TPSA) is 61.7 Å². The highest BCUT2D eigenvalue weighted by Crippen LogP contribution is 2.33. The van der Waals surface area contributed by atoms with Crippen molar-refractivity contribution in [3.8, 4) is 0 Å². The summed E-state index contributed by atoms with van der Waals surface area (Å²) in [6, 6.07) is 12.7. The summed E-state index contributed by atoms with van der Waals surface area (Å²) < 4.78 is 16.2. The smallest absolute Gasteiger partial charge is 0.240 e. The first-order valence-electron chi connectivity index (χ1n) is 11.7. The molecule has 2 N–H and O–H groups in total. The molecule has 1 saturated carbocycles. The number of nitrogens with zero attached hydrogens (tertiary/aromatic N) is 3. The van der Waals surface area contributed by atoms with Crippen molar-refractivity contribution in [3.05, 3.63) is 60.2 Å². The van der Waals surface area contributed by atoms with Crippen LogP contribution in [-0.2, 0) is 4.79 Å². The number of rotatable bonds is 6. The Hall–Kier alpha value is -2.93. The van der Waals surface area contributed by atoms with E-state index in [4.69, 9.17) is 4.98 Å². The summed E-state index contributed by atoms with van der Waals surface area (Å²) in [5.41, 5.74) is 2.73. The van der Waals surface area contributed by atoms with Gasteiger partial charge in [0.1, 0.15) is 12.4 Å². The van der Waals surface area contributed by atoms with Crippen molar-refractivity contribution >= 4 is 23.1 Å². The minimum atomic E-state index is -0.330. The standard InChI is InChI=1S/C25H30FN5O/c26-19-6-5-9-21(16-19)31(17-23(32)28-20-7-1-2-8-20)25-29-24(18-11-13-27-14-12-18)22-10-3-4-15-30(22)25/h3-6,9-10,15-16,18,20,27H,1-2,7-8,11-14,17H2,(H,28,32). The Kier molecular flexibility index (Phi) is 6.08. The highest BCUT2D eigenvalue weighted by molar-refractivity contribution is 5.84. The lowest BCUT2D eigenvalue weighted by Gasteiger charge is -2.24. The molecule has 2 aromatic heterocycles. The van der Waals surface area contributed by atoms with Gasteiger partial charge in [0.15, 0.2) is 0 Å². The van der Waals surface area contributed by atoms with Gasteiger partial charge in [0, 0.05) is 23.8 Å². The minimum absolute atomic E-state index is 0.0581. The highest BCUT2D eigenvalue weighted by atomic mass is 19.1. The number of carbonyl (C=O) groups excluding carboxylic acids is 1. The first-order chi connectivity index (χ1) is 15.7. The second-order valence-electron chi connectivity index (χ2n) is 8.89. The van der Waals surface area contributed by atoms with Crippen molar-refractivity contribution in [2.45, 2.75) is 50.5 Å². The summed E-state index contributed by atoms with van der Waals surface area (Å²) in [5, 5.41) is 6.58. The molecule has 0 bridgehead atoms. The molecule has 3 heterocycles. The quantitative estimate of drug-likeness (QED) is 0.611. The van der Waals surface area contributed by atoms with Gasteiger partial charge in [0.05, 0.1) is 11.2 Å². The molecular weight excluding hydrogens is 405 g/mol. The first-order valence-corrected chi connectivity index (χ1v) is 11.7. The maximum atomic E-state index is 14.2. The largest absolute Gasteiger partial charge is 0.352 e. The minimum Gasteiger partial charge on any atom is -0.352 e. The van der Waals surface area contributed by atoms with Crippen LogP contribution in [-0.4, -0.2) is 41.0 Å². The van der Waals surface area contributed by atoms with Crippen molar-refractivity contribution in [1.29, 1.82) is 0 Å². The summed E-state index contributed by atoms with van der Waals surface area (Å²) in [7, 11) is 0. The number of benzene rings is 1. The molecular formula is C25H30FN5O. The Morgan fingerprint density at radius 2 is 1.94 bits per heavy atom. The highest BCUT2D eigenvalue weighted by Gasteiger charge is 2.27. The Morgan fingerprint density at radius 3 is 2.72 bits per heavy atom. The average Bonchev–Trinajstić information content (AvgIpc) is 3.46. The zero-order chi connectivity index (χ0) is 21.9. The van der Waals surface area contributed by atoms with Crippen LogP contribution in [0.1, 0.15) is 50.1 Å². The van der Waals surface area contributed by atoms with E-state index in [0.717, 1.165) is 62.8 Å². The number of nitrogens with one attached hydrogen (secondary N) is 2. The van der Waals surface area contributed by atoms with Crippen LogP contribution in [0.3, 0.4) is 0 Å². The lowest BCUT2D eigenvalue weighted by molar-refractivity contribution is -0.120. The van der Waals surface area contributed by atoms with Gasteiger partial charge in [-0.25, -0.2) is 9.37 Å². The molecule has 5 rings (SSSR count). The van der Waals surface area contributed by atoms with E-state index in [-0.39, 0.29) is 24.3 Å². The van der Waals surface area contributed by atoms with Gasteiger partial charge >= 0.3 is 0 Å². The van der Waals surface area contributed by atoms with Gasteiger partial charge in [-0.1, -0.05) is 25.0 Å². The predicted octanol–water partition coefficient (Wildman–Crippen LogP) is 4.14. The summed E-state index contributed by atoms with van der Waals surface area (Å²) in [6.07, 6.45) is 8.40. The molecule has 0 atom stereocenters. The zero-order valence-corrected chi connectivity index (χ0v) is 18.3. The zero-order valence-electron chi connectivity index (χ0n) is 18.3. The fourth-order valence-electron chi connectivity index (χ4n) is 5.04. The van der Waals surface area contributed by atoms with Crippen molar-refractivity contribution in [1.82, 2.24) is 20.0 Å². The van der Waals surface area contributed by atoms with E-state index in [1.54, 1.807) is 6.07 Å². The monoisotopic (exact) mass is 435 g/mol. The SMILES string of the molecule is O=C(CN(c1cccc(F)c1)c1nc(C2CCNCC2)c2ccccn12)NC1CCCC1. The van der Waals surface area contributed by atoms with Crippen LogP contribution in [0.5, 0.6) is 0 Å². The molecule has 1 aromatic carbocycles. The van der Waals surface area contributed by atoms with E-state index < -0.39 is 0 Å². The van der Waals surface area contributed by atoms with Crippen LogP contribution in [0.2, 0.25) is 0 Å². The molecule has 7 heteroatoms. The average molecular weight is 436 g/mol. The Labute approximate surface area is 187 Å². The van der Waals surface area contributed by atoms with Crippen LogP contribution in [0.25, 0.3) is 5.52 Å². The third kappa shape index (κ3) is 4.35. The van der Waals surface area contributed by atoms with Gasteiger partial charge in [0.25, 0.3) is 0 Å². The number of aromatic nitrogens is 2. The molecule has 0 unspecified atom stereocenters. The van der Waals surface area contributed by atoms with Gasteiger partial charge in [0.2, 0.25) is 11.9 Å². The van der Waals surface area contributed by atoms with Crippen LogP contribution in [0, 0.1) is 5.82 Å². The van der Waals surface area contributed by atoms with Crippen molar-refractivity contribution in [2.75, 3.05) is 24.5 Å². The molecule has 168 valence electrons. The van der Waals surface area contributed by atoms with Crippen LogP contribution in [0.4, 0.5) is 16.0 Å². The van der Waals surface area contributed by atoms with Gasteiger partial charge < -0.3 is 15.5 Å². The maximum absolute atomic E-state index is 14.2. The molecule has 2 fully saturated rings. The molecule has 2 aliphatic rings. The number of halogens is 1. The molecule has 1 saturated heterocycles. The van der Waals surface area contributed by atoms with E-state index in [9.17, 15) is 9.18 Å². The Morgan fingerprint density at radius 1 is 1.12 bits per heavy atom. The number of amides is 1. The third-order valence-electron chi connectivity index (χ3n) is 6.67. The van der Waals surface area contributed by atoms with Crippen LogP contribution in [0.15, 0.2) is 48.7 Å². The molecule has 32 heavy (non-hydrogen) atoms. The summed E-state index contributed by atoms with van der Waals surface area (Å²) >= 11 is 0. The Bertz CT molecular complexity index is 1080. The molecule has 0 radical (unpaired) electrons. The van der Waals surface area contributed by atoms with Crippen molar-refractivity contribution in [2.24, 2.45) is 0 Å². The van der Waals surface area contributed by atoms with E-state index in [1.807, 2.05) is 33.7 Å². The van der Waals surface area contributed by atoms with Gasteiger partial charge in [-0.05, 0) is 69.1 Å². The lowest BCUT2D eigenvalue weighted by atomic mass is 9.94. The number of pyridine rings is 1. The summed E-state index contributed by atoms with van der Waals surface area (Å²) in [5.74, 6) is 0.630. The normalized spacial score (nSPS) is 17.7. The second kappa shape index (κ2) is 9.28. The number of anilines is 2. The van der Waals surface area contributed by atoms with E-state index >= 15 is 0 Å². The number of hydrogen-bond donors (Lipinski definition) is 2. The fraction of sp³-hybridized carbons (Fsp3) is 0.440. The van der Waals surface area contributed by atoms with Crippen LogP contribution < -0.4 is 15.5 Å². The maximum Gasteiger partial charge on any atom is 0.240 e. The lowest BCUT2D eigenvalue weighted by Crippen LogP contribution is -2.40. The third-order valence-corrected chi connectivity index (χ3v) is 6.67. The molecule has 1 aliphatic heterocycles. The molecule has 6 nitrogen and oxygen atoms in total. The first kappa shape index (κ1) is 20.9. The predicted molar refractivity (Wildman–Crippen MR) is 124 cm³/mol. The van der Waals surface area contributed by atoms with Gasteiger partial charge in [-0.2, -0.15) is 0 Å². The fourth-order valence-corrected chi connectivity index (χ4v) is 5.04. The number of hydrogen-bond acceptors (Lipinski definition) is 4. The van der Waals surface area contributed by atoms with Gasteiger partial charge in [-0.3, -0.25) is 9.20 Å². The molecule has 1 aliphatic carbocycles. The van der Waals surface area contributed by atoms with E-state index in [0.29, 0.717) is 17.6 Å². The van der Waals surface area contributed by atoms with Gasteiger partial charge in [-0.15, -0.1) is 0 Å². The van der Waals surface area contributed by atoms with Crippen LogP contribution >= 0.6 is 0 Å². The Balaban J connectivity index is 1.54. The molecule has 1 amide bonds. The number of carbonyl (C=O) groups is 1. The second-order valence-corrected chi connectivity index (χ2v) is 8.89. The number of piperidine rings is 1. The van der Waals surface area contributed by atoms with E-state index in [1.165, 1.54) is 12.1 Å². The summed E-state index contributed by atoms with van der Waals surface area (Å²) in [4.78, 5) is 19.9. The molecule has 0 spiro atoms.